The molecular formula is C21H26N2O3. The lowest BCUT2D eigenvalue weighted by atomic mass is 9.84. The summed E-state index contributed by atoms with van der Waals surface area (Å²) < 4.78 is 13.6. The van der Waals surface area contributed by atoms with Crippen molar-refractivity contribution in [2.75, 3.05) is 6.61 Å². The van der Waals surface area contributed by atoms with Crippen molar-refractivity contribution in [1.29, 1.82) is 0 Å². The molecule has 1 aromatic carbocycles. The molecule has 0 N–H and O–H groups in total. The van der Waals surface area contributed by atoms with Gasteiger partial charge in [-0.25, -0.2) is 0 Å². The van der Waals surface area contributed by atoms with Gasteiger partial charge < -0.3 is 9.47 Å². The van der Waals surface area contributed by atoms with Gasteiger partial charge in [0.2, 0.25) is 0 Å². The number of hydrogen-bond donors (Lipinski definition) is 0. The smallest absolute Gasteiger partial charge is 0.300 e. The van der Waals surface area contributed by atoms with E-state index in [0.29, 0.717) is 31.5 Å². The van der Waals surface area contributed by atoms with E-state index < -0.39 is 0 Å². The van der Waals surface area contributed by atoms with Crippen molar-refractivity contribution in [3.05, 3.63) is 51.9 Å². The first-order chi connectivity index (χ1) is 12.7. The highest BCUT2D eigenvalue weighted by atomic mass is 16.6. The molecule has 1 unspecified atom stereocenters. The van der Waals surface area contributed by atoms with Crippen molar-refractivity contribution in [3.8, 4) is 11.8 Å². The lowest BCUT2D eigenvalue weighted by Gasteiger charge is -2.22. The van der Waals surface area contributed by atoms with Crippen molar-refractivity contribution in [2.45, 2.75) is 64.0 Å². The zero-order valence-electron chi connectivity index (χ0n) is 15.3. The third-order valence-electron chi connectivity index (χ3n) is 5.48. The van der Waals surface area contributed by atoms with Gasteiger partial charge in [0.15, 0.2) is 6.10 Å². The molecule has 1 aliphatic carbocycles. The Hall–Kier alpha value is -2.30. The number of nitrogens with zero attached hydrogens (tertiary/aromatic N) is 2. The van der Waals surface area contributed by atoms with Gasteiger partial charge in [-0.05, 0) is 42.9 Å². The molecule has 0 spiro atoms. The van der Waals surface area contributed by atoms with Gasteiger partial charge in [-0.3, -0.25) is 9.36 Å². The second-order valence-corrected chi connectivity index (χ2v) is 7.31. The van der Waals surface area contributed by atoms with E-state index in [0.717, 1.165) is 11.3 Å². The minimum Gasteiger partial charge on any atom is -0.490 e. The summed E-state index contributed by atoms with van der Waals surface area (Å²) in [6.07, 6.45) is 9.09. The first-order valence-corrected chi connectivity index (χ1v) is 9.72. The maximum absolute atomic E-state index is 11.8. The predicted molar refractivity (Wildman–Crippen MR) is 100 cm³/mol. The molecule has 5 heteroatoms. The quantitative estimate of drug-likeness (QED) is 0.822. The van der Waals surface area contributed by atoms with E-state index in [1.807, 2.05) is 17.7 Å². The minimum absolute atomic E-state index is 0.118. The zero-order valence-corrected chi connectivity index (χ0v) is 15.3. The van der Waals surface area contributed by atoms with E-state index >= 15 is 0 Å². The summed E-state index contributed by atoms with van der Waals surface area (Å²) in [4.78, 5) is 15.8. The standard InChI is InChI=1S/C21H26N2O3/c1-2-15-12-23-13-19(26-21(23)22-20(15)24)14-25-18-10-8-17(9-11-18)16-6-4-3-5-7-16/h8-12,16,19H,2-7,13-14H2,1H3. The average molecular weight is 354 g/mol. The SMILES string of the molecule is CCc1cn2c(nc1=O)OC(COc1ccc(C3CCCCC3)cc1)C2. The van der Waals surface area contributed by atoms with Crippen LogP contribution in [-0.4, -0.2) is 22.3 Å². The fourth-order valence-electron chi connectivity index (χ4n) is 3.94. The van der Waals surface area contributed by atoms with Gasteiger partial charge in [0, 0.05) is 11.8 Å². The Balaban J connectivity index is 1.34. The minimum atomic E-state index is -0.196. The average Bonchev–Trinajstić information content (AvgIpc) is 3.08. The summed E-state index contributed by atoms with van der Waals surface area (Å²) in [6, 6.07) is 8.91. The van der Waals surface area contributed by atoms with Crippen LogP contribution < -0.4 is 15.0 Å². The van der Waals surface area contributed by atoms with Gasteiger partial charge in [-0.15, -0.1) is 0 Å². The molecule has 0 amide bonds. The molecule has 1 aromatic heterocycles. The van der Waals surface area contributed by atoms with Crippen LogP contribution >= 0.6 is 0 Å². The molecule has 1 fully saturated rings. The van der Waals surface area contributed by atoms with Crippen LogP contribution in [0.1, 0.15) is 56.1 Å². The van der Waals surface area contributed by atoms with Gasteiger partial charge in [0.05, 0.1) is 6.54 Å². The lowest BCUT2D eigenvalue weighted by molar-refractivity contribution is 0.143. The Labute approximate surface area is 154 Å². The Morgan fingerprint density at radius 3 is 2.69 bits per heavy atom. The molecule has 2 aromatic rings. The number of benzene rings is 1. The van der Waals surface area contributed by atoms with Gasteiger partial charge in [-0.2, -0.15) is 4.98 Å². The number of rotatable bonds is 5. The van der Waals surface area contributed by atoms with Crippen LogP contribution in [0.3, 0.4) is 0 Å². The monoisotopic (exact) mass is 354 g/mol. The van der Waals surface area contributed by atoms with E-state index in [2.05, 4.69) is 29.2 Å². The summed E-state index contributed by atoms with van der Waals surface area (Å²) in [7, 11) is 0. The van der Waals surface area contributed by atoms with Crippen LogP contribution in [-0.2, 0) is 13.0 Å². The highest BCUT2D eigenvalue weighted by Crippen LogP contribution is 2.33. The molecular weight excluding hydrogens is 328 g/mol. The van der Waals surface area contributed by atoms with Crippen molar-refractivity contribution in [3.63, 3.8) is 0 Å². The Kier molecular flexibility index (Phi) is 4.96. The highest BCUT2D eigenvalue weighted by molar-refractivity contribution is 5.29. The molecule has 2 heterocycles. The van der Waals surface area contributed by atoms with Crippen LogP contribution in [0.2, 0.25) is 0 Å². The van der Waals surface area contributed by atoms with Gasteiger partial charge in [0.25, 0.3) is 11.6 Å². The highest BCUT2D eigenvalue weighted by Gasteiger charge is 2.25. The Bertz CT molecular complexity index is 807. The van der Waals surface area contributed by atoms with E-state index in [4.69, 9.17) is 9.47 Å². The summed E-state index contributed by atoms with van der Waals surface area (Å²) in [5.74, 6) is 1.57. The molecule has 138 valence electrons. The van der Waals surface area contributed by atoms with Gasteiger partial charge >= 0.3 is 0 Å². The van der Waals surface area contributed by atoms with Crippen molar-refractivity contribution in [2.24, 2.45) is 0 Å². The van der Waals surface area contributed by atoms with Gasteiger partial charge in [-0.1, -0.05) is 38.3 Å². The molecule has 1 saturated carbocycles. The van der Waals surface area contributed by atoms with Crippen LogP contribution in [0, 0.1) is 0 Å². The van der Waals surface area contributed by atoms with E-state index in [9.17, 15) is 4.79 Å². The molecule has 26 heavy (non-hydrogen) atoms. The largest absolute Gasteiger partial charge is 0.490 e. The van der Waals surface area contributed by atoms with Crippen molar-refractivity contribution >= 4 is 0 Å². The number of hydrogen-bond acceptors (Lipinski definition) is 4. The van der Waals surface area contributed by atoms with Crippen LogP contribution in [0.15, 0.2) is 35.3 Å². The molecule has 0 radical (unpaired) electrons. The zero-order chi connectivity index (χ0) is 17.9. The fourth-order valence-corrected chi connectivity index (χ4v) is 3.94. The fraction of sp³-hybridized carbons (Fsp3) is 0.524. The molecule has 1 atom stereocenters. The lowest BCUT2D eigenvalue weighted by Crippen LogP contribution is -2.23. The topological polar surface area (TPSA) is 53.4 Å². The first-order valence-electron chi connectivity index (χ1n) is 9.72. The maximum Gasteiger partial charge on any atom is 0.300 e. The first kappa shape index (κ1) is 17.1. The molecule has 0 saturated heterocycles. The normalized spacial score (nSPS) is 19.8. The van der Waals surface area contributed by atoms with Crippen molar-refractivity contribution in [1.82, 2.24) is 9.55 Å². The van der Waals surface area contributed by atoms with Crippen molar-refractivity contribution < 1.29 is 9.47 Å². The molecule has 0 bridgehead atoms. The summed E-state index contributed by atoms with van der Waals surface area (Å²) >= 11 is 0. The maximum atomic E-state index is 11.8. The Morgan fingerprint density at radius 1 is 1.19 bits per heavy atom. The third-order valence-corrected chi connectivity index (χ3v) is 5.48. The summed E-state index contributed by atoms with van der Waals surface area (Å²) in [5.41, 5.74) is 1.95. The number of fused-ring (bicyclic) bond motifs is 1. The van der Waals surface area contributed by atoms with Crippen LogP contribution in [0.5, 0.6) is 11.8 Å². The summed E-state index contributed by atoms with van der Waals surface area (Å²) in [5, 5.41) is 0. The number of aryl methyl sites for hydroxylation is 1. The number of aromatic nitrogens is 2. The van der Waals surface area contributed by atoms with E-state index in [1.54, 1.807) is 0 Å². The Morgan fingerprint density at radius 2 is 1.96 bits per heavy atom. The number of ether oxygens (including phenoxy) is 2. The third kappa shape index (κ3) is 3.62. The van der Waals surface area contributed by atoms with Crippen LogP contribution in [0.4, 0.5) is 0 Å². The second kappa shape index (κ2) is 7.52. The predicted octanol–water partition coefficient (Wildman–Crippen LogP) is 3.69. The second-order valence-electron chi connectivity index (χ2n) is 7.31. The molecule has 1 aliphatic heterocycles. The molecule has 4 rings (SSSR count). The summed E-state index contributed by atoms with van der Waals surface area (Å²) in [6.45, 7) is 3.07. The van der Waals surface area contributed by atoms with Gasteiger partial charge in [0.1, 0.15) is 12.4 Å². The molecule has 2 aliphatic rings. The molecule has 5 nitrogen and oxygen atoms in total. The van der Waals surface area contributed by atoms with E-state index in [1.165, 1.54) is 37.7 Å². The van der Waals surface area contributed by atoms with Crippen LogP contribution in [0.25, 0.3) is 0 Å². The van der Waals surface area contributed by atoms with E-state index in [-0.39, 0.29) is 11.7 Å².